The molecule has 0 bridgehead atoms. The van der Waals surface area contributed by atoms with Gasteiger partial charge in [-0.3, -0.25) is 9.89 Å². The number of benzene rings is 1. The molecular weight excluding hydrogens is 519 g/mol. The van der Waals surface area contributed by atoms with Crippen molar-refractivity contribution in [3.05, 3.63) is 53.5 Å². The van der Waals surface area contributed by atoms with Gasteiger partial charge in [0.15, 0.2) is 5.96 Å². The summed E-state index contributed by atoms with van der Waals surface area (Å²) < 4.78 is 16.8. The normalized spacial score (nSPS) is 20.7. The van der Waals surface area contributed by atoms with Crippen LogP contribution in [0.5, 0.6) is 5.75 Å². The van der Waals surface area contributed by atoms with Crippen molar-refractivity contribution in [1.82, 2.24) is 15.1 Å². The number of guanidine groups is 1. The molecule has 0 aliphatic carbocycles. The van der Waals surface area contributed by atoms with Gasteiger partial charge in [-0.1, -0.05) is 12.1 Å². The van der Waals surface area contributed by atoms with E-state index < -0.39 is 0 Å². The number of hydrogen-bond donors (Lipinski definition) is 1. The number of aliphatic imine (C=N–C) groups is 1. The fourth-order valence-corrected chi connectivity index (χ4v) is 4.55. The van der Waals surface area contributed by atoms with Crippen molar-refractivity contribution in [1.29, 1.82) is 0 Å². The zero-order valence-electron chi connectivity index (χ0n) is 19.3. The molecule has 3 heterocycles. The average molecular weight is 554 g/mol. The van der Waals surface area contributed by atoms with Gasteiger partial charge in [0, 0.05) is 45.7 Å². The second-order valence-electron chi connectivity index (χ2n) is 8.25. The summed E-state index contributed by atoms with van der Waals surface area (Å²) in [5.41, 5.74) is 1.36. The second kappa shape index (κ2) is 11.9. The van der Waals surface area contributed by atoms with Crippen molar-refractivity contribution in [3.63, 3.8) is 0 Å². The number of morpholine rings is 1. The monoisotopic (exact) mass is 554 g/mol. The first-order valence-corrected chi connectivity index (χ1v) is 11.2. The van der Waals surface area contributed by atoms with Gasteiger partial charge >= 0.3 is 0 Å². The maximum absolute atomic E-state index is 6.00. The molecule has 8 heteroatoms. The number of nitrogens with zero attached hydrogens (tertiary/aromatic N) is 3. The molecule has 32 heavy (non-hydrogen) atoms. The van der Waals surface area contributed by atoms with Crippen molar-refractivity contribution in [2.75, 3.05) is 60.1 Å². The molecule has 1 aromatic heterocycles. The Balaban J connectivity index is 0.00000289. The summed E-state index contributed by atoms with van der Waals surface area (Å²) in [6, 6.07) is 12.7. The van der Waals surface area contributed by atoms with E-state index in [1.54, 1.807) is 7.11 Å². The maximum Gasteiger partial charge on any atom is 0.193 e. The molecule has 2 saturated heterocycles. The van der Waals surface area contributed by atoms with Crippen LogP contribution in [-0.4, -0.2) is 75.9 Å². The molecule has 2 aromatic rings. The molecule has 2 fully saturated rings. The van der Waals surface area contributed by atoms with Crippen LogP contribution in [-0.2, 0) is 4.74 Å². The smallest absolute Gasteiger partial charge is 0.193 e. The van der Waals surface area contributed by atoms with Crippen LogP contribution in [0.25, 0.3) is 0 Å². The van der Waals surface area contributed by atoms with Gasteiger partial charge in [-0.25, -0.2) is 0 Å². The molecule has 1 aromatic carbocycles. The number of ether oxygens (including phenoxy) is 2. The first kappa shape index (κ1) is 24.9. The number of aryl methyl sites for hydroxylation is 1. The molecule has 2 atom stereocenters. The summed E-state index contributed by atoms with van der Waals surface area (Å²) in [5, 5.41) is 3.62. The lowest BCUT2D eigenvalue weighted by Gasteiger charge is -2.34. The lowest BCUT2D eigenvalue weighted by molar-refractivity contribution is 0.0123. The topological polar surface area (TPSA) is 62.5 Å². The molecule has 176 valence electrons. The fourth-order valence-electron chi connectivity index (χ4n) is 4.55. The van der Waals surface area contributed by atoms with Gasteiger partial charge < -0.3 is 24.1 Å². The van der Waals surface area contributed by atoms with E-state index in [9.17, 15) is 0 Å². The zero-order chi connectivity index (χ0) is 21.6. The Morgan fingerprint density at radius 3 is 2.53 bits per heavy atom. The molecule has 0 amide bonds. The fraction of sp³-hybridized carbons (Fsp3) is 0.542. The summed E-state index contributed by atoms with van der Waals surface area (Å²) >= 11 is 0. The van der Waals surface area contributed by atoms with Crippen LogP contribution in [0.4, 0.5) is 0 Å². The van der Waals surface area contributed by atoms with E-state index in [1.807, 2.05) is 32.2 Å². The third kappa shape index (κ3) is 5.96. The Kier molecular flexibility index (Phi) is 9.24. The van der Waals surface area contributed by atoms with E-state index in [-0.39, 0.29) is 30.0 Å². The molecule has 2 aliphatic heterocycles. The summed E-state index contributed by atoms with van der Waals surface area (Å²) in [4.78, 5) is 9.38. The largest absolute Gasteiger partial charge is 0.497 e. The Hall–Kier alpha value is -1.78. The van der Waals surface area contributed by atoms with Gasteiger partial charge in [-0.15, -0.1) is 24.0 Å². The zero-order valence-corrected chi connectivity index (χ0v) is 21.6. The number of nitrogens with one attached hydrogen (secondary N) is 1. The second-order valence-corrected chi connectivity index (χ2v) is 8.25. The highest BCUT2D eigenvalue weighted by atomic mass is 127. The lowest BCUT2D eigenvalue weighted by Crippen LogP contribution is -2.47. The van der Waals surface area contributed by atoms with E-state index >= 15 is 0 Å². The minimum Gasteiger partial charge on any atom is -0.497 e. The number of methoxy groups -OCH3 is 1. The SMILES string of the molecule is CN=C(NCC(c1ccc(C)o1)N1CCOCC1)N1CCC(c2ccc(OC)cc2)C1.I. The van der Waals surface area contributed by atoms with Crippen molar-refractivity contribution in [2.24, 2.45) is 4.99 Å². The third-order valence-corrected chi connectivity index (χ3v) is 6.32. The van der Waals surface area contributed by atoms with Crippen LogP contribution in [0.15, 0.2) is 45.8 Å². The van der Waals surface area contributed by atoms with E-state index in [0.717, 1.165) is 75.6 Å². The molecule has 2 unspecified atom stereocenters. The minimum atomic E-state index is 0. The first-order valence-electron chi connectivity index (χ1n) is 11.2. The van der Waals surface area contributed by atoms with E-state index in [2.05, 4.69) is 38.3 Å². The van der Waals surface area contributed by atoms with Crippen LogP contribution in [0.2, 0.25) is 0 Å². The predicted molar refractivity (Wildman–Crippen MR) is 137 cm³/mol. The van der Waals surface area contributed by atoms with Crippen molar-refractivity contribution in [3.8, 4) is 5.75 Å². The molecule has 0 radical (unpaired) electrons. The molecular formula is C24H35IN4O3. The Morgan fingerprint density at radius 2 is 1.91 bits per heavy atom. The standard InChI is InChI=1S/C24H34N4O3.HI/c1-18-4-9-23(31-18)22(27-12-14-30-15-13-27)16-26-24(25-2)28-11-10-20(17-28)19-5-7-21(29-3)8-6-19;/h4-9,20,22H,10-17H2,1-3H3,(H,25,26);1H. The first-order chi connectivity index (χ1) is 15.2. The Bertz CT molecular complexity index is 864. The quantitative estimate of drug-likeness (QED) is 0.334. The summed E-state index contributed by atoms with van der Waals surface area (Å²) in [6.45, 7) is 8.06. The van der Waals surface area contributed by atoms with Gasteiger partial charge in [0.2, 0.25) is 0 Å². The number of rotatable bonds is 6. The molecule has 4 rings (SSSR count). The third-order valence-electron chi connectivity index (χ3n) is 6.32. The number of halogens is 1. The molecule has 1 N–H and O–H groups in total. The Labute approximate surface area is 208 Å². The summed E-state index contributed by atoms with van der Waals surface area (Å²) in [6.07, 6.45) is 1.12. The van der Waals surface area contributed by atoms with Crippen LogP contribution in [0.1, 0.15) is 35.5 Å². The van der Waals surface area contributed by atoms with Crippen molar-refractivity contribution in [2.45, 2.75) is 25.3 Å². The van der Waals surface area contributed by atoms with Crippen LogP contribution in [0.3, 0.4) is 0 Å². The van der Waals surface area contributed by atoms with E-state index in [1.165, 1.54) is 5.56 Å². The number of likely N-dealkylation sites (tertiary alicyclic amines) is 1. The van der Waals surface area contributed by atoms with Gasteiger partial charge in [0.1, 0.15) is 17.3 Å². The van der Waals surface area contributed by atoms with E-state index in [4.69, 9.17) is 13.9 Å². The summed E-state index contributed by atoms with van der Waals surface area (Å²) in [5.74, 6) is 4.31. The highest BCUT2D eigenvalue weighted by Gasteiger charge is 2.29. The number of hydrogen-bond acceptors (Lipinski definition) is 5. The van der Waals surface area contributed by atoms with E-state index in [0.29, 0.717) is 5.92 Å². The highest BCUT2D eigenvalue weighted by Crippen LogP contribution is 2.29. The van der Waals surface area contributed by atoms with Crippen LogP contribution >= 0.6 is 24.0 Å². The molecule has 7 nitrogen and oxygen atoms in total. The maximum atomic E-state index is 6.00. The highest BCUT2D eigenvalue weighted by molar-refractivity contribution is 14.0. The van der Waals surface area contributed by atoms with Crippen molar-refractivity contribution >= 4 is 29.9 Å². The number of furan rings is 1. The molecule has 0 spiro atoms. The minimum absolute atomic E-state index is 0. The average Bonchev–Trinajstić information content (AvgIpc) is 3.47. The van der Waals surface area contributed by atoms with Crippen LogP contribution < -0.4 is 10.1 Å². The molecule has 2 aliphatic rings. The summed E-state index contributed by atoms with van der Waals surface area (Å²) in [7, 11) is 3.57. The van der Waals surface area contributed by atoms with Gasteiger partial charge in [0.25, 0.3) is 0 Å². The van der Waals surface area contributed by atoms with Gasteiger partial charge in [-0.2, -0.15) is 0 Å². The predicted octanol–water partition coefficient (Wildman–Crippen LogP) is 3.65. The van der Waals surface area contributed by atoms with Crippen LogP contribution in [0, 0.1) is 6.92 Å². The lowest BCUT2D eigenvalue weighted by atomic mass is 9.98. The van der Waals surface area contributed by atoms with Crippen molar-refractivity contribution < 1.29 is 13.9 Å². The Morgan fingerprint density at radius 1 is 1.16 bits per heavy atom. The van der Waals surface area contributed by atoms with Gasteiger partial charge in [0.05, 0.1) is 26.4 Å². The molecule has 0 saturated carbocycles. The van der Waals surface area contributed by atoms with Gasteiger partial charge in [-0.05, 0) is 43.2 Å².